The van der Waals surface area contributed by atoms with Crippen LogP contribution in [0.15, 0.2) is 34.6 Å². The van der Waals surface area contributed by atoms with Crippen molar-refractivity contribution >= 4 is 57.6 Å². The Bertz CT molecular complexity index is 1090. The van der Waals surface area contributed by atoms with Crippen LogP contribution < -0.4 is 0 Å². The van der Waals surface area contributed by atoms with Gasteiger partial charge in [0.1, 0.15) is 4.32 Å². The average Bonchev–Trinajstić information content (AvgIpc) is 3.32. The summed E-state index contributed by atoms with van der Waals surface area (Å²) in [6.07, 6.45) is -0.921. The van der Waals surface area contributed by atoms with E-state index in [4.69, 9.17) is 17.3 Å². The van der Waals surface area contributed by atoms with Gasteiger partial charge in [-0.1, -0.05) is 36.5 Å². The number of thioether (sulfide) groups is 1. The van der Waals surface area contributed by atoms with Crippen molar-refractivity contribution in [1.29, 1.82) is 0 Å². The molecule has 176 valence electrons. The number of alkyl halides is 3. The van der Waals surface area contributed by atoms with E-state index in [9.17, 15) is 27.9 Å². The number of thiocarbonyl (C=S) groups is 1. The lowest BCUT2D eigenvalue weighted by atomic mass is 9.99. The number of carboxylic acids is 1. The van der Waals surface area contributed by atoms with E-state index < -0.39 is 24.3 Å². The third kappa shape index (κ3) is 6.44. The highest BCUT2D eigenvalue weighted by atomic mass is 32.2. The van der Waals surface area contributed by atoms with E-state index in [-0.39, 0.29) is 17.9 Å². The standard InChI is InChI=1S/C22H20F3NO4S3/c23-22(24,25)15-6-5-13(11-27)17(9-15)14-8-16(32-12-14)10-18-20(30)26(21(31)33-18)7-3-1-2-4-19(28)29/h5-6,8-10,12,27H,1-4,7,11H2,(H,28,29). The maximum Gasteiger partial charge on any atom is 0.416 e. The van der Waals surface area contributed by atoms with Gasteiger partial charge in [-0.15, -0.1) is 11.3 Å². The van der Waals surface area contributed by atoms with Crippen LogP contribution in [0, 0.1) is 0 Å². The summed E-state index contributed by atoms with van der Waals surface area (Å²) >= 11 is 7.73. The minimum absolute atomic E-state index is 0.0862. The number of carbonyl (C=O) groups excluding carboxylic acids is 1. The average molecular weight is 516 g/mol. The van der Waals surface area contributed by atoms with Crippen molar-refractivity contribution in [3.8, 4) is 11.1 Å². The van der Waals surface area contributed by atoms with Crippen LogP contribution in [0.1, 0.15) is 41.7 Å². The molecule has 0 aliphatic carbocycles. The SMILES string of the molecule is O=C(O)CCCCCN1C(=O)C(=Cc2cc(-c3cc(C(F)(F)F)ccc3CO)cs2)SC1=S. The Kier molecular flexibility index (Phi) is 8.33. The molecule has 0 spiro atoms. The number of unbranched alkanes of at least 4 members (excludes halogenated alkanes) is 2. The molecular formula is C22H20F3NO4S3. The van der Waals surface area contributed by atoms with Gasteiger partial charge in [0.2, 0.25) is 0 Å². The van der Waals surface area contributed by atoms with Gasteiger partial charge < -0.3 is 10.2 Å². The van der Waals surface area contributed by atoms with Crippen molar-refractivity contribution in [3.63, 3.8) is 0 Å². The van der Waals surface area contributed by atoms with Gasteiger partial charge in [0.25, 0.3) is 5.91 Å². The number of nitrogens with zero attached hydrogens (tertiary/aromatic N) is 1. The molecule has 0 saturated carbocycles. The third-order valence-electron chi connectivity index (χ3n) is 4.96. The molecule has 33 heavy (non-hydrogen) atoms. The quantitative estimate of drug-likeness (QED) is 0.251. The summed E-state index contributed by atoms with van der Waals surface area (Å²) in [5, 5.41) is 19.9. The molecule has 3 rings (SSSR count). The molecule has 2 N–H and O–H groups in total. The monoisotopic (exact) mass is 515 g/mol. The lowest BCUT2D eigenvalue weighted by Gasteiger charge is -2.13. The number of carbonyl (C=O) groups is 2. The molecular weight excluding hydrogens is 495 g/mol. The van der Waals surface area contributed by atoms with Crippen molar-refractivity contribution in [2.24, 2.45) is 0 Å². The summed E-state index contributed by atoms with van der Waals surface area (Å²) in [6, 6.07) is 4.89. The summed E-state index contributed by atoms with van der Waals surface area (Å²) < 4.78 is 39.8. The number of halogens is 3. The number of benzene rings is 1. The van der Waals surface area contributed by atoms with Crippen LogP contribution in [0.2, 0.25) is 0 Å². The Morgan fingerprint density at radius 1 is 1.18 bits per heavy atom. The number of aliphatic carboxylic acids is 1. The maximum absolute atomic E-state index is 13.1. The van der Waals surface area contributed by atoms with Crippen LogP contribution in [0.3, 0.4) is 0 Å². The fourth-order valence-electron chi connectivity index (χ4n) is 3.27. The van der Waals surface area contributed by atoms with Gasteiger partial charge >= 0.3 is 12.1 Å². The van der Waals surface area contributed by atoms with Gasteiger partial charge in [-0.25, -0.2) is 0 Å². The number of hydrogen-bond acceptors (Lipinski definition) is 6. The van der Waals surface area contributed by atoms with Gasteiger partial charge in [0.05, 0.1) is 17.1 Å². The first-order valence-electron chi connectivity index (χ1n) is 9.97. The fourth-order valence-corrected chi connectivity index (χ4v) is 5.49. The smallest absolute Gasteiger partial charge is 0.416 e. The highest BCUT2D eigenvalue weighted by Gasteiger charge is 2.32. The lowest BCUT2D eigenvalue weighted by Crippen LogP contribution is -2.29. The van der Waals surface area contributed by atoms with Crippen LogP contribution >= 0.6 is 35.3 Å². The van der Waals surface area contributed by atoms with Gasteiger partial charge in [0, 0.05) is 17.8 Å². The van der Waals surface area contributed by atoms with E-state index in [0.29, 0.717) is 51.0 Å². The maximum atomic E-state index is 13.1. The summed E-state index contributed by atoms with van der Waals surface area (Å²) in [6.45, 7) is 0.00514. The lowest BCUT2D eigenvalue weighted by molar-refractivity contribution is -0.138. The van der Waals surface area contributed by atoms with Crippen LogP contribution in [0.5, 0.6) is 0 Å². The van der Waals surface area contributed by atoms with Crippen molar-refractivity contribution in [2.45, 2.75) is 38.5 Å². The van der Waals surface area contributed by atoms with Crippen molar-refractivity contribution in [2.75, 3.05) is 6.54 Å². The topological polar surface area (TPSA) is 77.8 Å². The second kappa shape index (κ2) is 10.8. The largest absolute Gasteiger partial charge is 0.481 e. The Morgan fingerprint density at radius 2 is 1.94 bits per heavy atom. The van der Waals surface area contributed by atoms with E-state index in [0.717, 1.165) is 23.9 Å². The molecule has 11 heteroatoms. The second-order valence-electron chi connectivity index (χ2n) is 7.30. The zero-order valence-electron chi connectivity index (χ0n) is 17.2. The minimum Gasteiger partial charge on any atom is -0.481 e. The van der Waals surface area contributed by atoms with Crippen molar-refractivity contribution < 1.29 is 33.0 Å². The Labute approximate surface area is 201 Å². The van der Waals surface area contributed by atoms with Gasteiger partial charge in [0.15, 0.2) is 0 Å². The molecule has 1 aliphatic rings. The molecule has 0 unspecified atom stereocenters. The third-order valence-corrected chi connectivity index (χ3v) is 7.22. The molecule has 1 saturated heterocycles. The summed E-state index contributed by atoms with van der Waals surface area (Å²) in [7, 11) is 0. The van der Waals surface area contributed by atoms with E-state index >= 15 is 0 Å². The van der Waals surface area contributed by atoms with Gasteiger partial charge in [-0.2, -0.15) is 13.2 Å². The summed E-state index contributed by atoms with van der Waals surface area (Å²) in [5.74, 6) is -1.09. The van der Waals surface area contributed by atoms with E-state index in [2.05, 4.69) is 0 Å². The molecule has 1 aliphatic heterocycles. The number of amides is 1. The summed E-state index contributed by atoms with van der Waals surface area (Å²) in [5.41, 5.74) is 0.390. The normalized spacial score (nSPS) is 15.6. The molecule has 1 amide bonds. The highest BCUT2D eigenvalue weighted by Crippen LogP contribution is 2.38. The predicted molar refractivity (Wildman–Crippen MR) is 127 cm³/mol. The predicted octanol–water partition coefficient (Wildman–Crippen LogP) is 5.77. The van der Waals surface area contributed by atoms with Crippen molar-refractivity contribution in [1.82, 2.24) is 4.90 Å². The number of aliphatic hydroxyl groups excluding tert-OH is 1. The molecule has 1 aromatic heterocycles. The van der Waals surface area contributed by atoms with Crippen LogP contribution in [-0.2, 0) is 22.4 Å². The summed E-state index contributed by atoms with van der Waals surface area (Å²) in [4.78, 5) is 25.9. The van der Waals surface area contributed by atoms with E-state index in [1.54, 1.807) is 17.5 Å². The Balaban J connectivity index is 1.74. The number of thiophene rings is 1. The molecule has 5 nitrogen and oxygen atoms in total. The molecule has 0 bridgehead atoms. The molecule has 0 radical (unpaired) electrons. The Morgan fingerprint density at radius 3 is 2.61 bits per heavy atom. The fraction of sp³-hybridized carbons (Fsp3) is 0.318. The number of hydrogen-bond donors (Lipinski definition) is 2. The number of aliphatic hydroxyl groups is 1. The minimum atomic E-state index is -4.50. The van der Waals surface area contributed by atoms with Crippen LogP contribution in [-0.4, -0.2) is 37.9 Å². The molecule has 2 heterocycles. The van der Waals surface area contributed by atoms with Gasteiger partial charge in [-0.3, -0.25) is 14.5 Å². The number of carboxylic acid groups (broad SMARTS) is 1. The first-order chi connectivity index (χ1) is 15.6. The van der Waals surface area contributed by atoms with Crippen molar-refractivity contribution in [3.05, 3.63) is 50.6 Å². The number of rotatable bonds is 9. The first-order valence-corrected chi connectivity index (χ1v) is 12.1. The van der Waals surface area contributed by atoms with E-state index in [1.807, 2.05) is 0 Å². The van der Waals surface area contributed by atoms with Crippen LogP contribution in [0.25, 0.3) is 17.2 Å². The molecule has 0 atom stereocenters. The highest BCUT2D eigenvalue weighted by molar-refractivity contribution is 8.26. The molecule has 1 aromatic carbocycles. The zero-order chi connectivity index (χ0) is 24.2. The first kappa shape index (κ1) is 25.4. The molecule has 2 aromatic rings. The van der Waals surface area contributed by atoms with Gasteiger partial charge in [-0.05, 0) is 59.2 Å². The van der Waals surface area contributed by atoms with E-state index in [1.165, 1.54) is 22.3 Å². The molecule has 1 fully saturated rings. The second-order valence-corrected chi connectivity index (χ2v) is 9.92. The zero-order valence-corrected chi connectivity index (χ0v) is 19.7. The van der Waals surface area contributed by atoms with Crippen LogP contribution in [0.4, 0.5) is 13.2 Å². The Hall–Kier alpha value is -2.21.